The maximum Gasteiger partial charge on any atom is 0.245 e. The molecule has 1 unspecified atom stereocenters. The predicted molar refractivity (Wildman–Crippen MR) is 80.2 cm³/mol. The smallest absolute Gasteiger partial charge is 0.245 e. The van der Waals surface area contributed by atoms with Crippen molar-refractivity contribution in [2.45, 2.75) is 18.9 Å². The third-order valence-corrected chi connectivity index (χ3v) is 4.12. The maximum absolute atomic E-state index is 12.4. The molecule has 2 aromatic heterocycles. The lowest BCUT2D eigenvalue weighted by molar-refractivity contribution is -0.120. The molecule has 3 heterocycles. The Morgan fingerprint density at radius 3 is 3.10 bits per heavy atom. The summed E-state index contributed by atoms with van der Waals surface area (Å²) in [5.74, 6) is 0.627. The molecular formula is C14H17ClN4O. The second-order valence-electron chi connectivity index (χ2n) is 5.17. The molecule has 1 amide bonds. The molecule has 6 heteroatoms. The fourth-order valence-electron chi connectivity index (χ4n) is 2.59. The molecule has 3 rings (SSSR count). The van der Waals surface area contributed by atoms with Crippen molar-refractivity contribution in [2.75, 3.05) is 18.5 Å². The van der Waals surface area contributed by atoms with Gasteiger partial charge in [-0.3, -0.25) is 9.69 Å². The summed E-state index contributed by atoms with van der Waals surface area (Å²) in [6.45, 7) is 0.898. The van der Waals surface area contributed by atoms with E-state index in [1.54, 1.807) is 18.0 Å². The highest BCUT2D eigenvalue weighted by molar-refractivity contribution is 6.35. The Balaban J connectivity index is 1.96. The summed E-state index contributed by atoms with van der Waals surface area (Å²) < 4.78 is 1.90. The summed E-state index contributed by atoms with van der Waals surface area (Å²) >= 11 is 6.28. The van der Waals surface area contributed by atoms with Crippen molar-refractivity contribution in [1.82, 2.24) is 14.9 Å². The molecule has 0 aliphatic carbocycles. The minimum atomic E-state index is -0.107. The fourth-order valence-corrected chi connectivity index (χ4v) is 2.84. The number of anilines is 1. The van der Waals surface area contributed by atoms with Crippen LogP contribution >= 0.6 is 11.6 Å². The number of aromatic nitrogens is 2. The van der Waals surface area contributed by atoms with E-state index in [2.05, 4.69) is 10.3 Å². The van der Waals surface area contributed by atoms with Crippen LogP contribution in [0.15, 0.2) is 18.3 Å². The van der Waals surface area contributed by atoms with Crippen molar-refractivity contribution in [1.29, 1.82) is 0 Å². The number of amides is 1. The van der Waals surface area contributed by atoms with Crippen LogP contribution in [-0.2, 0) is 11.8 Å². The number of rotatable bonds is 2. The van der Waals surface area contributed by atoms with Gasteiger partial charge in [0.1, 0.15) is 11.5 Å². The average Bonchev–Trinajstić information content (AvgIpc) is 3.08. The van der Waals surface area contributed by atoms with Crippen molar-refractivity contribution in [3.8, 4) is 0 Å². The van der Waals surface area contributed by atoms with Crippen LogP contribution in [-0.4, -0.2) is 35.1 Å². The van der Waals surface area contributed by atoms with Gasteiger partial charge >= 0.3 is 0 Å². The van der Waals surface area contributed by atoms with E-state index < -0.39 is 0 Å². The predicted octanol–water partition coefficient (Wildman–Crippen LogP) is 1.94. The highest BCUT2D eigenvalue weighted by Gasteiger charge is 2.26. The Bertz CT molecular complexity index is 660. The summed E-state index contributed by atoms with van der Waals surface area (Å²) in [4.78, 5) is 18.5. The van der Waals surface area contributed by atoms with Gasteiger partial charge in [-0.25, -0.2) is 4.98 Å². The summed E-state index contributed by atoms with van der Waals surface area (Å²) in [6.07, 6.45) is 3.83. The van der Waals surface area contributed by atoms with E-state index in [0.717, 1.165) is 30.4 Å². The zero-order valence-corrected chi connectivity index (χ0v) is 12.3. The minimum absolute atomic E-state index is 0.0413. The number of fused-ring (bicyclic) bond motifs is 1. The second kappa shape index (κ2) is 5.07. The normalized spacial score (nSPS) is 18.6. The number of hydrogen-bond acceptors (Lipinski definition) is 3. The molecule has 0 bridgehead atoms. The van der Waals surface area contributed by atoms with E-state index in [1.807, 2.05) is 23.9 Å². The fraction of sp³-hybridized carbons (Fsp3) is 0.429. The van der Waals surface area contributed by atoms with E-state index in [1.165, 1.54) is 0 Å². The van der Waals surface area contributed by atoms with E-state index >= 15 is 0 Å². The molecule has 1 fully saturated rings. The van der Waals surface area contributed by atoms with Crippen molar-refractivity contribution in [2.24, 2.45) is 7.05 Å². The quantitative estimate of drug-likeness (QED) is 0.920. The Morgan fingerprint density at radius 2 is 2.40 bits per heavy atom. The largest absolute Gasteiger partial charge is 0.335 e. The summed E-state index contributed by atoms with van der Waals surface area (Å²) in [5.41, 5.74) is 0.784. The Hall–Kier alpha value is -1.59. The molecule has 2 aromatic rings. The third kappa shape index (κ3) is 2.17. The molecule has 106 valence electrons. The van der Waals surface area contributed by atoms with Crippen molar-refractivity contribution < 1.29 is 4.79 Å². The molecule has 1 atom stereocenters. The van der Waals surface area contributed by atoms with E-state index in [-0.39, 0.29) is 11.9 Å². The number of likely N-dealkylation sites (N-methyl/N-ethyl adjacent to an activating group) is 1. The van der Waals surface area contributed by atoms with Gasteiger partial charge < -0.3 is 9.88 Å². The zero-order valence-electron chi connectivity index (χ0n) is 11.6. The molecule has 0 aromatic carbocycles. The molecule has 1 saturated heterocycles. The molecule has 20 heavy (non-hydrogen) atoms. The van der Waals surface area contributed by atoms with Gasteiger partial charge in [0.25, 0.3) is 0 Å². The number of hydrogen-bond donors (Lipinski definition) is 1. The molecule has 0 radical (unpaired) electrons. The van der Waals surface area contributed by atoms with Crippen LogP contribution in [0.3, 0.4) is 0 Å². The van der Waals surface area contributed by atoms with Crippen molar-refractivity contribution in [3.63, 3.8) is 0 Å². The second-order valence-corrected chi connectivity index (χ2v) is 5.58. The number of nitrogens with zero attached hydrogens (tertiary/aromatic N) is 3. The third-order valence-electron chi connectivity index (χ3n) is 3.81. The Labute approximate surface area is 122 Å². The summed E-state index contributed by atoms with van der Waals surface area (Å²) in [6, 6.07) is 3.57. The lowest BCUT2D eigenvalue weighted by Crippen LogP contribution is -2.42. The van der Waals surface area contributed by atoms with E-state index in [0.29, 0.717) is 10.8 Å². The monoisotopic (exact) mass is 292 g/mol. The highest BCUT2D eigenvalue weighted by Crippen LogP contribution is 2.27. The van der Waals surface area contributed by atoms with Gasteiger partial charge in [-0.05, 0) is 25.5 Å². The molecule has 1 N–H and O–H groups in total. The maximum atomic E-state index is 12.4. The Kier molecular flexibility index (Phi) is 3.40. The van der Waals surface area contributed by atoms with Crippen LogP contribution in [0.4, 0.5) is 5.82 Å². The van der Waals surface area contributed by atoms with Gasteiger partial charge in [-0.1, -0.05) is 11.6 Å². The van der Waals surface area contributed by atoms with Crippen LogP contribution in [0.25, 0.3) is 11.0 Å². The minimum Gasteiger partial charge on any atom is -0.335 e. The zero-order chi connectivity index (χ0) is 14.3. The van der Waals surface area contributed by atoms with Gasteiger partial charge in [-0.15, -0.1) is 0 Å². The highest BCUT2D eigenvalue weighted by atomic mass is 35.5. The standard InChI is InChI=1S/C14H17ClN4O/c1-18-7-5-9-10(15)8-12(17-13(9)18)19(2)14(20)11-4-3-6-16-11/h5,7-8,11,16H,3-4,6H2,1-2H3. The van der Waals surface area contributed by atoms with Crippen LogP contribution in [0.5, 0.6) is 0 Å². The van der Waals surface area contributed by atoms with Gasteiger partial charge in [-0.2, -0.15) is 0 Å². The molecule has 1 aliphatic rings. The van der Waals surface area contributed by atoms with Crippen molar-refractivity contribution in [3.05, 3.63) is 23.4 Å². The first kappa shape index (κ1) is 13.4. The van der Waals surface area contributed by atoms with Crippen LogP contribution in [0, 0.1) is 0 Å². The van der Waals surface area contributed by atoms with Crippen molar-refractivity contribution >= 4 is 34.4 Å². The van der Waals surface area contributed by atoms with Gasteiger partial charge in [0.15, 0.2) is 0 Å². The molecule has 1 aliphatic heterocycles. The van der Waals surface area contributed by atoms with Crippen LogP contribution in [0.2, 0.25) is 5.02 Å². The number of halogens is 1. The topological polar surface area (TPSA) is 50.2 Å². The number of carbonyl (C=O) groups excluding carboxylic acids is 1. The van der Waals surface area contributed by atoms with Gasteiger partial charge in [0.2, 0.25) is 5.91 Å². The summed E-state index contributed by atoms with van der Waals surface area (Å²) in [5, 5.41) is 4.72. The van der Waals surface area contributed by atoms with Gasteiger partial charge in [0, 0.05) is 31.7 Å². The first-order valence-electron chi connectivity index (χ1n) is 6.70. The van der Waals surface area contributed by atoms with E-state index in [4.69, 9.17) is 11.6 Å². The van der Waals surface area contributed by atoms with E-state index in [9.17, 15) is 4.79 Å². The molecular weight excluding hydrogens is 276 g/mol. The Morgan fingerprint density at radius 1 is 1.60 bits per heavy atom. The average molecular weight is 293 g/mol. The van der Waals surface area contributed by atoms with Gasteiger partial charge in [0.05, 0.1) is 11.1 Å². The van der Waals surface area contributed by atoms with Crippen LogP contribution in [0.1, 0.15) is 12.8 Å². The SMILES string of the molecule is CN(C(=O)C1CCCN1)c1cc(Cl)c2ccn(C)c2n1. The summed E-state index contributed by atoms with van der Waals surface area (Å²) in [7, 11) is 3.66. The number of nitrogens with one attached hydrogen (secondary N) is 1. The number of carbonyl (C=O) groups is 1. The lowest BCUT2D eigenvalue weighted by Gasteiger charge is -2.20. The molecule has 0 spiro atoms. The molecule has 5 nitrogen and oxygen atoms in total. The first-order valence-corrected chi connectivity index (χ1v) is 7.08. The number of aryl methyl sites for hydroxylation is 1. The number of pyridine rings is 1. The first-order chi connectivity index (χ1) is 9.58. The van der Waals surface area contributed by atoms with Crippen LogP contribution < -0.4 is 10.2 Å². The lowest BCUT2D eigenvalue weighted by atomic mass is 10.2. The molecule has 0 saturated carbocycles.